The van der Waals surface area contributed by atoms with Gasteiger partial charge in [0.1, 0.15) is 0 Å². The number of hydrogen-bond acceptors (Lipinski definition) is 3. The smallest absolute Gasteiger partial charge is 0.253 e. The molecule has 0 radical (unpaired) electrons. The predicted molar refractivity (Wildman–Crippen MR) is 78.4 cm³/mol. The molecule has 5 nitrogen and oxygen atoms in total. The summed E-state index contributed by atoms with van der Waals surface area (Å²) in [5.41, 5.74) is 7.33. The number of aromatic nitrogens is 2. The van der Waals surface area contributed by atoms with E-state index in [0.29, 0.717) is 31.7 Å². The van der Waals surface area contributed by atoms with Gasteiger partial charge in [0, 0.05) is 37.6 Å². The lowest BCUT2D eigenvalue weighted by Crippen LogP contribution is -2.35. The number of carbonyl (C=O) groups is 1. The first-order chi connectivity index (χ1) is 9.74. The fourth-order valence-corrected chi connectivity index (χ4v) is 2.08. The fourth-order valence-electron chi connectivity index (χ4n) is 2.08. The van der Waals surface area contributed by atoms with E-state index in [1.54, 1.807) is 11.1 Å². The van der Waals surface area contributed by atoms with Crippen molar-refractivity contribution in [2.45, 2.75) is 13.5 Å². The van der Waals surface area contributed by atoms with Gasteiger partial charge in [0.25, 0.3) is 5.91 Å². The fraction of sp³-hybridized carbons (Fsp3) is 0.333. The second-order valence-electron chi connectivity index (χ2n) is 4.57. The van der Waals surface area contributed by atoms with Gasteiger partial charge < -0.3 is 10.6 Å². The van der Waals surface area contributed by atoms with Gasteiger partial charge in [0.15, 0.2) is 0 Å². The maximum absolute atomic E-state index is 12.2. The Morgan fingerprint density at radius 3 is 2.65 bits per heavy atom. The van der Waals surface area contributed by atoms with Crippen LogP contribution in [0.1, 0.15) is 22.8 Å². The van der Waals surface area contributed by atoms with E-state index >= 15 is 0 Å². The first kappa shape index (κ1) is 14.3. The largest absolute Gasteiger partial charge is 0.338 e. The van der Waals surface area contributed by atoms with Gasteiger partial charge in [0.05, 0.1) is 6.54 Å². The van der Waals surface area contributed by atoms with Crippen LogP contribution in [0, 0.1) is 0 Å². The molecule has 0 unspecified atom stereocenters. The van der Waals surface area contributed by atoms with Crippen molar-refractivity contribution in [2.24, 2.45) is 5.73 Å². The van der Waals surface area contributed by atoms with Gasteiger partial charge in [-0.05, 0) is 30.7 Å². The van der Waals surface area contributed by atoms with Crippen LogP contribution in [0.15, 0.2) is 42.7 Å². The minimum Gasteiger partial charge on any atom is -0.338 e. The van der Waals surface area contributed by atoms with Crippen LogP contribution in [-0.4, -0.2) is 40.2 Å². The Morgan fingerprint density at radius 1 is 1.35 bits per heavy atom. The van der Waals surface area contributed by atoms with Gasteiger partial charge >= 0.3 is 0 Å². The summed E-state index contributed by atoms with van der Waals surface area (Å²) in [7, 11) is 0. The van der Waals surface area contributed by atoms with Gasteiger partial charge in [-0.1, -0.05) is 12.1 Å². The first-order valence-corrected chi connectivity index (χ1v) is 6.80. The average Bonchev–Trinajstić information content (AvgIpc) is 2.98. The van der Waals surface area contributed by atoms with Crippen molar-refractivity contribution in [1.82, 2.24) is 14.7 Å². The van der Waals surface area contributed by atoms with Gasteiger partial charge in [-0.15, -0.1) is 0 Å². The van der Waals surface area contributed by atoms with Gasteiger partial charge in [-0.2, -0.15) is 5.10 Å². The van der Waals surface area contributed by atoms with Gasteiger partial charge in [0.2, 0.25) is 0 Å². The standard InChI is InChI=1S/C15H20N4O/c1-2-18(11-8-16)15(20)14-6-4-13(5-7-14)12-19-10-3-9-17-19/h3-7,9-10H,2,8,11-12,16H2,1H3. The third-order valence-electron chi connectivity index (χ3n) is 3.17. The summed E-state index contributed by atoms with van der Waals surface area (Å²) in [4.78, 5) is 14.0. The minimum atomic E-state index is 0.0311. The van der Waals surface area contributed by atoms with Crippen molar-refractivity contribution in [1.29, 1.82) is 0 Å². The molecule has 0 bridgehead atoms. The van der Waals surface area contributed by atoms with Crippen LogP contribution < -0.4 is 5.73 Å². The zero-order chi connectivity index (χ0) is 14.4. The molecule has 5 heteroatoms. The Morgan fingerprint density at radius 2 is 2.10 bits per heavy atom. The van der Waals surface area contributed by atoms with Crippen LogP contribution in [0.4, 0.5) is 0 Å². The zero-order valence-electron chi connectivity index (χ0n) is 11.7. The highest BCUT2D eigenvalue weighted by Gasteiger charge is 2.12. The van der Waals surface area contributed by atoms with E-state index in [2.05, 4.69) is 5.10 Å². The number of carbonyl (C=O) groups excluding carboxylic acids is 1. The normalized spacial score (nSPS) is 10.5. The zero-order valence-corrected chi connectivity index (χ0v) is 11.7. The predicted octanol–water partition coefficient (Wildman–Crippen LogP) is 1.35. The summed E-state index contributed by atoms with van der Waals surface area (Å²) in [5.74, 6) is 0.0311. The lowest BCUT2D eigenvalue weighted by atomic mass is 10.1. The topological polar surface area (TPSA) is 64.2 Å². The molecule has 0 saturated heterocycles. The van der Waals surface area contributed by atoms with Crippen molar-refractivity contribution in [3.8, 4) is 0 Å². The van der Waals surface area contributed by atoms with Crippen LogP contribution >= 0.6 is 0 Å². The maximum atomic E-state index is 12.2. The number of rotatable bonds is 6. The lowest BCUT2D eigenvalue weighted by Gasteiger charge is -2.20. The molecule has 106 valence electrons. The summed E-state index contributed by atoms with van der Waals surface area (Å²) >= 11 is 0. The minimum absolute atomic E-state index is 0.0311. The van der Waals surface area contributed by atoms with Crippen molar-refractivity contribution < 1.29 is 4.79 Å². The highest BCUT2D eigenvalue weighted by atomic mass is 16.2. The molecular formula is C15H20N4O. The Hall–Kier alpha value is -2.14. The molecule has 1 aromatic heterocycles. The molecule has 0 saturated carbocycles. The van der Waals surface area contributed by atoms with E-state index in [-0.39, 0.29) is 5.91 Å². The van der Waals surface area contributed by atoms with Crippen LogP contribution in [0.25, 0.3) is 0 Å². The SMILES string of the molecule is CCN(CCN)C(=O)c1ccc(Cn2cccn2)cc1. The van der Waals surface area contributed by atoms with Crippen molar-refractivity contribution in [3.63, 3.8) is 0 Å². The number of nitrogens with zero attached hydrogens (tertiary/aromatic N) is 3. The summed E-state index contributed by atoms with van der Waals surface area (Å²) in [5, 5.41) is 4.16. The number of nitrogens with two attached hydrogens (primary N) is 1. The Labute approximate surface area is 119 Å². The van der Waals surface area contributed by atoms with E-state index < -0.39 is 0 Å². The van der Waals surface area contributed by atoms with E-state index in [4.69, 9.17) is 5.73 Å². The highest BCUT2D eigenvalue weighted by Crippen LogP contribution is 2.09. The monoisotopic (exact) mass is 272 g/mol. The van der Waals surface area contributed by atoms with E-state index in [9.17, 15) is 4.79 Å². The summed E-state index contributed by atoms with van der Waals surface area (Å²) < 4.78 is 1.85. The van der Waals surface area contributed by atoms with E-state index in [0.717, 1.165) is 5.56 Å². The first-order valence-electron chi connectivity index (χ1n) is 6.80. The third kappa shape index (κ3) is 3.45. The molecule has 0 aliphatic heterocycles. The Kier molecular flexibility index (Phi) is 4.90. The van der Waals surface area contributed by atoms with Crippen LogP contribution in [0.5, 0.6) is 0 Å². The molecule has 1 aromatic carbocycles. The maximum Gasteiger partial charge on any atom is 0.253 e. The van der Waals surface area contributed by atoms with E-state index in [1.165, 1.54) is 0 Å². The van der Waals surface area contributed by atoms with E-state index in [1.807, 2.05) is 48.1 Å². The number of benzene rings is 1. The summed E-state index contributed by atoms with van der Waals surface area (Å²) in [6, 6.07) is 9.54. The molecule has 0 fully saturated rings. The molecule has 1 amide bonds. The summed E-state index contributed by atoms with van der Waals surface area (Å²) in [6.45, 7) is 4.41. The molecule has 1 heterocycles. The molecule has 2 aromatic rings. The molecule has 0 spiro atoms. The summed E-state index contributed by atoms with van der Waals surface area (Å²) in [6.07, 6.45) is 3.67. The second-order valence-corrected chi connectivity index (χ2v) is 4.57. The van der Waals surface area contributed by atoms with Crippen molar-refractivity contribution in [3.05, 3.63) is 53.9 Å². The highest BCUT2D eigenvalue weighted by molar-refractivity contribution is 5.94. The van der Waals surface area contributed by atoms with Crippen LogP contribution in [-0.2, 0) is 6.54 Å². The Balaban J connectivity index is 2.05. The lowest BCUT2D eigenvalue weighted by molar-refractivity contribution is 0.0769. The van der Waals surface area contributed by atoms with Crippen molar-refractivity contribution >= 4 is 5.91 Å². The van der Waals surface area contributed by atoms with Gasteiger partial charge in [-0.3, -0.25) is 9.48 Å². The Bertz CT molecular complexity index is 534. The molecule has 2 rings (SSSR count). The molecule has 0 atom stereocenters. The quantitative estimate of drug-likeness (QED) is 0.863. The molecule has 2 N–H and O–H groups in total. The average molecular weight is 272 g/mol. The van der Waals surface area contributed by atoms with Crippen LogP contribution in [0.3, 0.4) is 0 Å². The number of hydrogen-bond donors (Lipinski definition) is 1. The van der Waals surface area contributed by atoms with Crippen molar-refractivity contribution in [2.75, 3.05) is 19.6 Å². The van der Waals surface area contributed by atoms with Crippen LogP contribution in [0.2, 0.25) is 0 Å². The number of amides is 1. The molecular weight excluding hydrogens is 252 g/mol. The van der Waals surface area contributed by atoms with Gasteiger partial charge in [-0.25, -0.2) is 0 Å². The molecule has 0 aliphatic carbocycles. The number of likely N-dealkylation sites (N-methyl/N-ethyl adjacent to an activating group) is 1. The molecule has 20 heavy (non-hydrogen) atoms. The molecule has 0 aliphatic rings. The third-order valence-corrected chi connectivity index (χ3v) is 3.17. The second kappa shape index (κ2) is 6.86.